The molecule has 2 heterocycles. The number of nitro groups is 1. The lowest BCUT2D eigenvalue weighted by molar-refractivity contribution is -0.384. The van der Waals surface area contributed by atoms with Crippen molar-refractivity contribution < 1.29 is 10.0 Å². The number of benzene rings is 1. The number of nitrogens with zero attached hydrogens (tertiary/aromatic N) is 3. The minimum atomic E-state index is -0.394. The van der Waals surface area contributed by atoms with Gasteiger partial charge in [0.05, 0.1) is 11.5 Å². The lowest BCUT2D eigenvalue weighted by Gasteiger charge is -2.33. The zero-order valence-electron chi connectivity index (χ0n) is 14.2. The molecule has 1 saturated heterocycles. The van der Waals surface area contributed by atoms with Crippen molar-refractivity contribution in [1.82, 2.24) is 4.98 Å². The minimum Gasteiger partial charge on any atom is -0.392 e. The number of anilines is 2. The summed E-state index contributed by atoms with van der Waals surface area (Å²) >= 11 is 0. The van der Waals surface area contributed by atoms with E-state index in [1.165, 1.54) is 6.07 Å². The van der Waals surface area contributed by atoms with E-state index in [0.29, 0.717) is 11.3 Å². The summed E-state index contributed by atoms with van der Waals surface area (Å²) in [4.78, 5) is 17.5. The summed E-state index contributed by atoms with van der Waals surface area (Å²) in [7, 11) is 0. The summed E-state index contributed by atoms with van der Waals surface area (Å²) in [6.07, 6.45) is 3.61. The van der Waals surface area contributed by atoms with Gasteiger partial charge >= 0.3 is 0 Å². The van der Waals surface area contributed by atoms with Crippen molar-refractivity contribution in [3.8, 4) is 0 Å². The maximum Gasteiger partial charge on any atom is 0.292 e. The van der Waals surface area contributed by atoms with E-state index in [9.17, 15) is 15.2 Å². The van der Waals surface area contributed by atoms with Crippen LogP contribution < -0.4 is 10.2 Å². The predicted octanol–water partition coefficient (Wildman–Crippen LogP) is 2.87. The zero-order chi connectivity index (χ0) is 17.8. The first kappa shape index (κ1) is 17.2. The molecule has 25 heavy (non-hydrogen) atoms. The fourth-order valence-corrected chi connectivity index (χ4v) is 3.08. The van der Waals surface area contributed by atoms with Gasteiger partial charge in [0.1, 0.15) is 11.5 Å². The van der Waals surface area contributed by atoms with Gasteiger partial charge in [0, 0.05) is 31.4 Å². The van der Waals surface area contributed by atoms with Crippen LogP contribution in [0.2, 0.25) is 0 Å². The standard InChI is InChI=1S/C18H22N4O3/c1-13-2-5-18(19-11-13)21-8-6-15(7-9-21)20-16-10-14(12-23)3-4-17(16)22(24)25/h2-5,10-11,15,20,23H,6-9,12H2,1H3. The van der Waals surface area contributed by atoms with Crippen LogP contribution in [0.3, 0.4) is 0 Å². The van der Waals surface area contributed by atoms with E-state index in [0.717, 1.165) is 37.3 Å². The number of piperidine rings is 1. The Kier molecular flexibility index (Phi) is 5.14. The van der Waals surface area contributed by atoms with E-state index >= 15 is 0 Å². The van der Waals surface area contributed by atoms with Crippen molar-refractivity contribution in [2.75, 3.05) is 23.3 Å². The predicted molar refractivity (Wildman–Crippen MR) is 96.9 cm³/mol. The molecule has 0 aliphatic carbocycles. The summed E-state index contributed by atoms with van der Waals surface area (Å²) in [6.45, 7) is 3.58. The molecule has 0 saturated carbocycles. The fraction of sp³-hybridized carbons (Fsp3) is 0.389. The second-order valence-electron chi connectivity index (χ2n) is 6.37. The highest BCUT2D eigenvalue weighted by atomic mass is 16.6. The van der Waals surface area contributed by atoms with Gasteiger partial charge in [0.15, 0.2) is 0 Å². The van der Waals surface area contributed by atoms with Crippen LogP contribution in [0, 0.1) is 17.0 Å². The molecule has 1 aliphatic heterocycles. The summed E-state index contributed by atoms with van der Waals surface area (Å²) in [5.41, 5.74) is 2.31. The van der Waals surface area contributed by atoms with Crippen LogP contribution in [-0.4, -0.2) is 34.1 Å². The van der Waals surface area contributed by atoms with E-state index in [1.807, 2.05) is 19.2 Å². The molecular formula is C18H22N4O3. The van der Waals surface area contributed by atoms with Crippen LogP contribution in [0.1, 0.15) is 24.0 Å². The molecule has 1 aliphatic rings. The van der Waals surface area contributed by atoms with Crippen LogP contribution >= 0.6 is 0 Å². The monoisotopic (exact) mass is 342 g/mol. The lowest BCUT2D eigenvalue weighted by Crippen LogP contribution is -2.39. The second kappa shape index (κ2) is 7.48. The third-order valence-electron chi connectivity index (χ3n) is 4.51. The van der Waals surface area contributed by atoms with E-state index in [2.05, 4.69) is 21.3 Å². The van der Waals surface area contributed by atoms with Crippen molar-refractivity contribution in [2.24, 2.45) is 0 Å². The molecule has 0 unspecified atom stereocenters. The molecule has 2 aromatic rings. The number of aliphatic hydroxyl groups is 1. The molecule has 2 N–H and O–H groups in total. The topological polar surface area (TPSA) is 91.5 Å². The van der Waals surface area contributed by atoms with Crippen molar-refractivity contribution in [3.63, 3.8) is 0 Å². The van der Waals surface area contributed by atoms with E-state index in [-0.39, 0.29) is 18.3 Å². The van der Waals surface area contributed by atoms with Crippen LogP contribution in [0.25, 0.3) is 0 Å². The number of aliphatic hydroxyl groups excluding tert-OH is 1. The molecular weight excluding hydrogens is 320 g/mol. The van der Waals surface area contributed by atoms with Crippen LogP contribution in [0.5, 0.6) is 0 Å². The molecule has 1 aromatic heterocycles. The Balaban J connectivity index is 1.66. The lowest BCUT2D eigenvalue weighted by atomic mass is 10.0. The van der Waals surface area contributed by atoms with E-state index < -0.39 is 4.92 Å². The van der Waals surface area contributed by atoms with Gasteiger partial charge in [-0.15, -0.1) is 0 Å². The first-order valence-corrected chi connectivity index (χ1v) is 8.39. The van der Waals surface area contributed by atoms with Crippen molar-refractivity contribution in [2.45, 2.75) is 32.4 Å². The molecule has 0 atom stereocenters. The van der Waals surface area contributed by atoms with Crippen molar-refractivity contribution in [3.05, 3.63) is 57.8 Å². The molecule has 0 bridgehead atoms. The molecule has 0 radical (unpaired) electrons. The maximum absolute atomic E-state index is 11.2. The van der Waals surface area contributed by atoms with Gasteiger partial charge in [-0.1, -0.05) is 6.07 Å². The highest BCUT2D eigenvalue weighted by Crippen LogP contribution is 2.28. The van der Waals surface area contributed by atoms with Crippen LogP contribution in [0.15, 0.2) is 36.5 Å². The average molecular weight is 342 g/mol. The van der Waals surface area contributed by atoms with E-state index in [4.69, 9.17) is 0 Å². The third kappa shape index (κ3) is 4.06. The Bertz CT molecular complexity index is 740. The Hall–Kier alpha value is -2.67. The van der Waals surface area contributed by atoms with Crippen molar-refractivity contribution >= 4 is 17.2 Å². The van der Waals surface area contributed by atoms with Crippen LogP contribution in [0.4, 0.5) is 17.2 Å². The summed E-state index contributed by atoms with van der Waals surface area (Å²) in [5.74, 6) is 0.970. The number of aryl methyl sites for hydroxylation is 1. The Morgan fingerprint density at radius 1 is 1.32 bits per heavy atom. The number of hydrogen-bond donors (Lipinski definition) is 2. The first-order chi connectivity index (χ1) is 12.1. The second-order valence-corrected chi connectivity index (χ2v) is 6.37. The number of pyridine rings is 1. The number of aromatic nitrogens is 1. The molecule has 7 heteroatoms. The molecule has 3 rings (SSSR count). The van der Waals surface area contributed by atoms with E-state index in [1.54, 1.807) is 12.1 Å². The SMILES string of the molecule is Cc1ccc(N2CCC(Nc3cc(CO)ccc3[N+](=O)[O-])CC2)nc1. The highest BCUT2D eigenvalue weighted by molar-refractivity contribution is 5.63. The first-order valence-electron chi connectivity index (χ1n) is 8.39. The number of nitro benzene ring substituents is 1. The number of hydrogen-bond acceptors (Lipinski definition) is 6. The van der Waals surface area contributed by atoms with Gasteiger partial charge in [-0.3, -0.25) is 10.1 Å². The Morgan fingerprint density at radius 2 is 2.08 bits per heavy atom. The van der Waals surface area contributed by atoms with Gasteiger partial charge < -0.3 is 15.3 Å². The van der Waals surface area contributed by atoms with Crippen LogP contribution in [-0.2, 0) is 6.61 Å². The molecule has 0 spiro atoms. The zero-order valence-corrected chi connectivity index (χ0v) is 14.2. The quantitative estimate of drug-likeness (QED) is 0.641. The molecule has 0 amide bonds. The van der Waals surface area contributed by atoms with Gasteiger partial charge in [-0.2, -0.15) is 0 Å². The summed E-state index contributed by atoms with van der Waals surface area (Å²) in [5, 5.41) is 23.8. The molecule has 7 nitrogen and oxygen atoms in total. The average Bonchev–Trinajstić information content (AvgIpc) is 2.63. The van der Waals surface area contributed by atoms with Gasteiger partial charge in [-0.25, -0.2) is 4.98 Å². The van der Waals surface area contributed by atoms with Gasteiger partial charge in [-0.05, 0) is 49.1 Å². The smallest absolute Gasteiger partial charge is 0.292 e. The summed E-state index contributed by atoms with van der Waals surface area (Å²) in [6, 6.07) is 8.92. The number of nitrogens with one attached hydrogen (secondary N) is 1. The highest BCUT2D eigenvalue weighted by Gasteiger charge is 2.23. The Morgan fingerprint density at radius 3 is 2.68 bits per heavy atom. The van der Waals surface area contributed by atoms with Gasteiger partial charge in [0.25, 0.3) is 5.69 Å². The fourth-order valence-electron chi connectivity index (χ4n) is 3.08. The third-order valence-corrected chi connectivity index (χ3v) is 4.51. The molecule has 1 aromatic carbocycles. The normalized spacial score (nSPS) is 15.2. The minimum absolute atomic E-state index is 0.0415. The Labute approximate surface area is 146 Å². The van der Waals surface area contributed by atoms with Crippen molar-refractivity contribution in [1.29, 1.82) is 0 Å². The molecule has 132 valence electrons. The number of rotatable bonds is 5. The summed E-state index contributed by atoms with van der Waals surface area (Å²) < 4.78 is 0. The van der Waals surface area contributed by atoms with Gasteiger partial charge in [0.2, 0.25) is 0 Å². The largest absolute Gasteiger partial charge is 0.392 e. The molecule has 1 fully saturated rings. The maximum atomic E-state index is 11.2.